The molecule has 2 aromatic rings. The smallest absolute Gasteiger partial charge is 0.153 e. The Morgan fingerprint density at radius 3 is 2.56 bits per heavy atom. The second-order valence-electron chi connectivity index (χ2n) is 3.74. The van der Waals surface area contributed by atoms with Crippen molar-refractivity contribution < 1.29 is 14.3 Å². The van der Waals surface area contributed by atoms with Crippen LogP contribution >= 0.6 is 0 Å². The summed E-state index contributed by atoms with van der Waals surface area (Å²) in [5.41, 5.74) is 1.50. The summed E-state index contributed by atoms with van der Waals surface area (Å²) < 4.78 is 10.4. The van der Waals surface area contributed by atoms with Crippen LogP contribution in [0, 0.1) is 7.11 Å². The summed E-state index contributed by atoms with van der Waals surface area (Å²) in [6.45, 7) is 0.423. The number of hydrogen-bond acceptors (Lipinski definition) is 3. The first-order valence-corrected chi connectivity index (χ1v) is 5.51. The van der Waals surface area contributed by atoms with Crippen molar-refractivity contribution in [3.63, 3.8) is 0 Å². The summed E-state index contributed by atoms with van der Waals surface area (Å²) in [7, 11) is 3.30. The number of rotatable bonds is 5. The summed E-state index contributed by atoms with van der Waals surface area (Å²) in [4.78, 5) is 11.0. The number of hydrogen-bond donors (Lipinski definition) is 0. The first-order valence-electron chi connectivity index (χ1n) is 5.51. The average molecular weight is 241 g/mol. The quantitative estimate of drug-likeness (QED) is 0.754. The summed E-state index contributed by atoms with van der Waals surface area (Å²) in [5, 5.41) is 0. The molecule has 0 unspecified atom stereocenters. The second-order valence-corrected chi connectivity index (χ2v) is 3.74. The molecular formula is C15H13O3. The zero-order valence-electron chi connectivity index (χ0n) is 9.84. The fourth-order valence-corrected chi connectivity index (χ4v) is 1.58. The van der Waals surface area contributed by atoms with Gasteiger partial charge >= 0.3 is 0 Å². The predicted molar refractivity (Wildman–Crippen MR) is 68.6 cm³/mol. The molecule has 2 rings (SSSR count). The van der Waals surface area contributed by atoms with Crippen LogP contribution in [0.5, 0.6) is 11.5 Å². The Balaban J connectivity index is 2.12. The first-order chi connectivity index (χ1) is 8.83. The van der Waals surface area contributed by atoms with Gasteiger partial charge in [-0.25, -0.2) is 0 Å². The molecule has 0 atom stereocenters. The molecule has 0 heterocycles. The molecule has 0 aromatic heterocycles. The normalized spacial score (nSPS) is 9.83. The number of ether oxygens (including phenoxy) is 2. The van der Waals surface area contributed by atoms with Gasteiger partial charge in [-0.3, -0.25) is 4.79 Å². The molecule has 91 valence electrons. The van der Waals surface area contributed by atoms with E-state index in [2.05, 4.69) is 7.11 Å². The van der Waals surface area contributed by atoms with Gasteiger partial charge in [0.15, 0.2) is 6.29 Å². The molecule has 0 aliphatic carbocycles. The van der Waals surface area contributed by atoms with Crippen molar-refractivity contribution in [1.29, 1.82) is 0 Å². The topological polar surface area (TPSA) is 35.5 Å². The van der Waals surface area contributed by atoms with Crippen molar-refractivity contribution >= 4 is 6.29 Å². The molecule has 0 saturated heterocycles. The Morgan fingerprint density at radius 2 is 1.89 bits per heavy atom. The Morgan fingerprint density at radius 1 is 1.11 bits per heavy atom. The molecular weight excluding hydrogens is 228 g/mol. The molecule has 0 aliphatic rings. The van der Waals surface area contributed by atoms with E-state index in [1.807, 2.05) is 30.3 Å². The zero-order valence-corrected chi connectivity index (χ0v) is 9.84. The van der Waals surface area contributed by atoms with Gasteiger partial charge in [0.1, 0.15) is 25.2 Å². The van der Waals surface area contributed by atoms with Crippen molar-refractivity contribution in [2.24, 2.45) is 0 Å². The first kappa shape index (κ1) is 12.2. The van der Waals surface area contributed by atoms with Gasteiger partial charge in [-0.15, -0.1) is 0 Å². The van der Waals surface area contributed by atoms with Crippen molar-refractivity contribution in [1.82, 2.24) is 0 Å². The van der Waals surface area contributed by atoms with E-state index >= 15 is 0 Å². The minimum atomic E-state index is 0.423. The highest BCUT2D eigenvalue weighted by Gasteiger charge is 2.05. The van der Waals surface area contributed by atoms with E-state index in [1.165, 1.54) is 0 Å². The summed E-state index contributed by atoms with van der Waals surface area (Å²) in [5.74, 6) is 1.07. The van der Waals surface area contributed by atoms with Crippen LogP contribution in [0.25, 0.3) is 0 Å². The van der Waals surface area contributed by atoms with E-state index in [0.29, 0.717) is 23.7 Å². The van der Waals surface area contributed by atoms with Crippen molar-refractivity contribution in [2.45, 2.75) is 6.61 Å². The van der Waals surface area contributed by atoms with Crippen LogP contribution in [0.2, 0.25) is 0 Å². The van der Waals surface area contributed by atoms with Crippen LogP contribution in [0.15, 0.2) is 48.5 Å². The fourth-order valence-electron chi connectivity index (χ4n) is 1.58. The zero-order chi connectivity index (χ0) is 12.8. The summed E-state index contributed by atoms with van der Waals surface area (Å²) >= 11 is 0. The predicted octanol–water partition coefficient (Wildman–Crippen LogP) is 3.25. The molecule has 1 radical (unpaired) electrons. The number of aldehydes is 1. The lowest BCUT2D eigenvalue weighted by Gasteiger charge is -2.09. The highest BCUT2D eigenvalue weighted by atomic mass is 16.5. The van der Waals surface area contributed by atoms with E-state index in [-0.39, 0.29) is 0 Å². The Labute approximate surface area is 106 Å². The van der Waals surface area contributed by atoms with Gasteiger partial charge in [-0.1, -0.05) is 30.3 Å². The molecule has 0 fully saturated rings. The lowest BCUT2D eigenvalue weighted by atomic mass is 10.2. The largest absolute Gasteiger partial charge is 0.490 e. The van der Waals surface area contributed by atoms with E-state index < -0.39 is 0 Å². The molecule has 3 nitrogen and oxygen atoms in total. The monoisotopic (exact) mass is 241 g/mol. The summed E-state index contributed by atoms with van der Waals surface area (Å²) in [6, 6.07) is 14.8. The molecule has 2 aromatic carbocycles. The summed E-state index contributed by atoms with van der Waals surface area (Å²) in [6.07, 6.45) is 0.739. The maximum Gasteiger partial charge on any atom is 0.153 e. The number of benzene rings is 2. The lowest BCUT2D eigenvalue weighted by Crippen LogP contribution is -1.98. The molecule has 0 bridgehead atoms. The van der Waals surface area contributed by atoms with Crippen LogP contribution in [-0.4, -0.2) is 6.29 Å². The van der Waals surface area contributed by atoms with E-state index in [4.69, 9.17) is 9.47 Å². The van der Waals surface area contributed by atoms with Gasteiger partial charge in [-0.05, 0) is 23.8 Å². The fraction of sp³-hybridized carbons (Fsp3) is 0.0667. The molecule has 0 saturated carbocycles. The highest BCUT2D eigenvalue weighted by molar-refractivity contribution is 5.80. The van der Waals surface area contributed by atoms with Gasteiger partial charge in [0.2, 0.25) is 0 Å². The Bertz CT molecular complexity index is 521. The Hall–Kier alpha value is -2.29. The standard InChI is InChI=1S/C15H13O3/c1-17-14-7-8-15(13(9-14)10-16)18-11-12-5-3-2-4-6-12/h2-10H,1,11H2. The number of carbonyl (C=O) groups is 1. The van der Waals surface area contributed by atoms with Crippen molar-refractivity contribution in [3.05, 3.63) is 66.8 Å². The Kier molecular flexibility index (Phi) is 3.97. The van der Waals surface area contributed by atoms with Crippen LogP contribution < -0.4 is 9.47 Å². The molecule has 3 heteroatoms. The third-order valence-electron chi connectivity index (χ3n) is 2.51. The van der Waals surface area contributed by atoms with Gasteiger partial charge in [0, 0.05) is 0 Å². The van der Waals surface area contributed by atoms with Gasteiger partial charge < -0.3 is 9.47 Å². The van der Waals surface area contributed by atoms with Gasteiger partial charge in [0.25, 0.3) is 0 Å². The van der Waals surface area contributed by atoms with Gasteiger partial charge in [-0.2, -0.15) is 0 Å². The molecule has 0 N–H and O–H groups in total. The maximum absolute atomic E-state index is 11.0. The van der Waals surface area contributed by atoms with E-state index in [0.717, 1.165) is 11.8 Å². The average Bonchev–Trinajstić information content (AvgIpc) is 2.46. The molecule has 0 spiro atoms. The second kappa shape index (κ2) is 5.87. The third-order valence-corrected chi connectivity index (χ3v) is 2.51. The van der Waals surface area contributed by atoms with Crippen LogP contribution in [0.4, 0.5) is 0 Å². The molecule has 0 amide bonds. The van der Waals surface area contributed by atoms with Crippen LogP contribution in [0.1, 0.15) is 15.9 Å². The lowest BCUT2D eigenvalue weighted by molar-refractivity contribution is 0.111. The van der Waals surface area contributed by atoms with Crippen molar-refractivity contribution in [2.75, 3.05) is 0 Å². The molecule has 0 aliphatic heterocycles. The van der Waals surface area contributed by atoms with E-state index in [1.54, 1.807) is 18.2 Å². The minimum Gasteiger partial charge on any atom is -0.490 e. The maximum atomic E-state index is 11.0. The molecule has 18 heavy (non-hydrogen) atoms. The SMILES string of the molecule is [CH2]Oc1ccc(OCc2ccccc2)c(C=O)c1. The number of carbonyl (C=O) groups excluding carboxylic acids is 1. The third kappa shape index (κ3) is 2.88. The minimum absolute atomic E-state index is 0.423. The highest BCUT2D eigenvalue weighted by Crippen LogP contribution is 2.23. The van der Waals surface area contributed by atoms with Crippen LogP contribution in [-0.2, 0) is 6.61 Å². The van der Waals surface area contributed by atoms with E-state index in [9.17, 15) is 4.79 Å². The van der Waals surface area contributed by atoms with Crippen LogP contribution in [0.3, 0.4) is 0 Å². The van der Waals surface area contributed by atoms with Gasteiger partial charge in [0.05, 0.1) is 5.56 Å². The van der Waals surface area contributed by atoms with Crippen molar-refractivity contribution in [3.8, 4) is 11.5 Å².